The number of carbonyl (C=O) groups is 1. The molecule has 1 aromatic heterocycles. The number of aromatic nitrogens is 3. The quantitative estimate of drug-likeness (QED) is 0.545. The Kier molecular flexibility index (Phi) is 6.91. The van der Waals surface area contributed by atoms with Crippen LogP contribution in [0.4, 0.5) is 11.9 Å². The predicted octanol–water partition coefficient (Wildman–Crippen LogP) is 3.76. The standard InChI is InChI=1S/C20H19Cl2N5O3/c1-27(2)20-25-17(24-19(23)26-20)11-30-18(28)14-5-3-4-6-16(14)29-10-12-7-8-13(21)9-15(12)22/h3-9H,10-11H2,1-2H3,(H2,23,24,25,26). The number of anilines is 2. The number of carbonyl (C=O) groups excluding carboxylic acids is 1. The van der Waals surface area contributed by atoms with Gasteiger partial charge in [0.1, 0.15) is 17.9 Å². The fourth-order valence-electron chi connectivity index (χ4n) is 2.45. The van der Waals surface area contributed by atoms with Gasteiger partial charge in [-0.15, -0.1) is 0 Å². The van der Waals surface area contributed by atoms with E-state index < -0.39 is 5.97 Å². The van der Waals surface area contributed by atoms with Crippen LogP contribution in [0.1, 0.15) is 21.7 Å². The molecule has 0 atom stereocenters. The number of hydrogen-bond donors (Lipinski definition) is 1. The lowest BCUT2D eigenvalue weighted by Gasteiger charge is -2.13. The molecule has 0 saturated carbocycles. The van der Waals surface area contributed by atoms with E-state index in [1.807, 2.05) is 0 Å². The fraction of sp³-hybridized carbons (Fsp3) is 0.200. The zero-order valence-electron chi connectivity index (χ0n) is 16.3. The molecule has 2 N–H and O–H groups in total. The van der Waals surface area contributed by atoms with Gasteiger partial charge in [-0.1, -0.05) is 41.4 Å². The molecule has 0 aliphatic rings. The molecular formula is C20H19Cl2N5O3. The zero-order chi connectivity index (χ0) is 21.7. The van der Waals surface area contributed by atoms with Gasteiger partial charge in [-0.2, -0.15) is 15.0 Å². The summed E-state index contributed by atoms with van der Waals surface area (Å²) < 4.78 is 11.1. The summed E-state index contributed by atoms with van der Waals surface area (Å²) in [5.74, 6) is 0.433. The Morgan fingerprint density at radius 3 is 2.57 bits per heavy atom. The van der Waals surface area contributed by atoms with Gasteiger partial charge in [-0.3, -0.25) is 0 Å². The van der Waals surface area contributed by atoms with Crippen molar-refractivity contribution >= 4 is 41.1 Å². The third-order valence-electron chi connectivity index (χ3n) is 3.92. The van der Waals surface area contributed by atoms with E-state index in [4.69, 9.17) is 38.4 Å². The van der Waals surface area contributed by atoms with E-state index in [0.717, 1.165) is 5.56 Å². The number of para-hydroxylation sites is 1. The Hall–Kier alpha value is -3.10. The molecule has 156 valence electrons. The highest BCUT2D eigenvalue weighted by Crippen LogP contribution is 2.25. The summed E-state index contributed by atoms with van der Waals surface area (Å²) in [4.78, 5) is 26.5. The number of nitrogens with two attached hydrogens (primary N) is 1. The lowest BCUT2D eigenvalue weighted by atomic mass is 10.2. The van der Waals surface area contributed by atoms with Gasteiger partial charge in [0.15, 0.2) is 12.4 Å². The second-order valence-corrected chi connectivity index (χ2v) is 7.24. The van der Waals surface area contributed by atoms with Crippen molar-refractivity contribution < 1.29 is 14.3 Å². The van der Waals surface area contributed by atoms with E-state index >= 15 is 0 Å². The Morgan fingerprint density at radius 1 is 1.07 bits per heavy atom. The smallest absolute Gasteiger partial charge is 0.342 e. The molecule has 0 spiro atoms. The van der Waals surface area contributed by atoms with Crippen molar-refractivity contribution in [2.24, 2.45) is 0 Å². The molecule has 0 amide bonds. The maximum Gasteiger partial charge on any atom is 0.342 e. The van der Waals surface area contributed by atoms with Crippen LogP contribution in [-0.4, -0.2) is 35.0 Å². The summed E-state index contributed by atoms with van der Waals surface area (Å²) in [5.41, 5.74) is 6.69. The van der Waals surface area contributed by atoms with Crippen LogP contribution in [0.5, 0.6) is 5.75 Å². The number of nitrogens with zero attached hydrogens (tertiary/aromatic N) is 4. The average Bonchev–Trinajstić information content (AvgIpc) is 2.71. The molecular weight excluding hydrogens is 429 g/mol. The molecule has 8 nitrogen and oxygen atoms in total. The first kappa shape index (κ1) is 21.6. The second-order valence-electron chi connectivity index (χ2n) is 6.40. The van der Waals surface area contributed by atoms with Gasteiger partial charge in [0.2, 0.25) is 11.9 Å². The number of hydrogen-bond acceptors (Lipinski definition) is 8. The summed E-state index contributed by atoms with van der Waals surface area (Å²) in [6, 6.07) is 11.9. The monoisotopic (exact) mass is 447 g/mol. The van der Waals surface area contributed by atoms with E-state index in [-0.39, 0.29) is 30.5 Å². The molecule has 0 aliphatic heterocycles. The number of benzene rings is 2. The largest absolute Gasteiger partial charge is 0.488 e. The van der Waals surface area contributed by atoms with Gasteiger partial charge in [-0.05, 0) is 24.3 Å². The van der Waals surface area contributed by atoms with Crippen molar-refractivity contribution in [1.29, 1.82) is 0 Å². The minimum absolute atomic E-state index is 0.0447. The van der Waals surface area contributed by atoms with Crippen LogP contribution in [-0.2, 0) is 18.0 Å². The van der Waals surface area contributed by atoms with E-state index in [1.165, 1.54) is 0 Å². The summed E-state index contributed by atoms with van der Waals surface area (Å²) in [6.07, 6.45) is 0. The van der Waals surface area contributed by atoms with Gasteiger partial charge < -0.3 is 20.1 Å². The number of esters is 1. The maximum atomic E-state index is 12.6. The van der Waals surface area contributed by atoms with Crippen LogP contribution in [0, 0.1) is 0 Å². The molecule has 0 unspecified atom stereocenters. The van der Waals surface area contributed by atoms with Crippen LogP contribution in [0.15, 0.2) is 42.5 Å². The molecule has 30 heavy (non-hydrogen) atoms. The SMILES string of the molecule is CN(C)c1nc(N)nc(COC(=O)c2ccccc2OCc2ccc(Cl)cc2Cl)n1. The highest BCUT2D eigenvalue weighted by molar-refractivity contribution is 6.35. The summed E-state index contributed by atoms with van der Waals surface area (Å²) in [5, 5.41) is 1.01. The van der Waals surface area contributed by atoms with E-state index in [2.05, 4.69) is 15.0 Å². The topological polar surface area (TPSA) is 103 Å². The summed E-state index contributed by atoms with van der Waals surface area (Å²) in [6.45, 7) is 0.000228. The molecule has 0 fully saturated rings. The molecule has 0 bridgehead atoms. The van der Waals surface area contributed by atoms with Crippen molar-refractivity contribution in [2.75, 3.05) is 24.7 Å². The van der Waals surface area contributed by atoms with Crippen molar-refractivity contribution in [1.82, 2.24) is 15.0 Å². The van der Waals surface area contributed by atoms with Crippen LogP contribution in [0.2, 0.25) is 10.0 Å². The van der Waals surface area contributed by atoms with Gasteiger partial charge >= 0.3 is 5.97 Å². The van der Waals surface area contributed by atoms with Crippen molar-refractivity contribution in [3.05, 3.63) is 69.5 Å². The number of ether oxygens (including phenoxy) is 2. The first-order valence-corrected chi connectivity index (χ1v) is 9.59. The van der Waals surface area contributed by atoms with E-state index in [9.17, 15) is 4.79 Å². The van der Waals surface area contributed by atoms with Gasteiger partial charge in [-0.25, -0.2) is 4.79 Å². The Morgan fingerprint density at radius 2 is 1.83 bits per heavy atom. The molecule has 0 aliphatic carbocycles. The fourth-order valence-corrected chi connectivity index (χ4v) is 2.92. The van der Waals surface area contributed by atoms with E-state index in [1.54, 1.807) is 61.5 Å². The molecule has 2 aromatic carbocycles. The summed E-state index contributed by atoms with van der Waals surface area (Å²) in [7, 11) is 3.54. The van der Waals surface area contributed by atoms with Crippen LogP contribution in [0.25, 0.3) is 0 Å². The second kappa shape index (κ2) is 9.60. The molecule has 1 heterocycles. The first-order valence-electron chi connectivity index (χ1n) is 8.84. The zero-order valence-corrected chi connectivity index (χ0v) is 17.8. The van der Waals surface area contributed by atoms with Crippen LogP contribution in [0.3, 0.4) is 0 Å². The number of rotatable bonds is 7. The molecule has 0 radical (unpaired) electrons. The van der Waals surface area contributed by atoms with Gasteiger partial charge in [0.05, 0.1) is 0 Å². The molecule has 0 saturated heterocycles. The Labute approximate surface area is 183 Å². The lowest BCUT2D eigenvalue weighted by molar-refractivity contribution is 0.0457. The average molecular weight is 448 g/mol. The highest BCUT2D eigenvalue weighted by atomic mass is 35.5. The molecule has 3 rings (SSSR count). The third kappa shape index (κ3) is 5.49. The Bertz CT molecular complexity index is 1060. The van der Waals surface area contributed by atoms with Crippen LogP contribution < -0.4 is 15.4 Å². The normalized spacial score (nSPS) is 10.5. The minimum Gasteiger partial charge on any atom is -0.488 e. The lowest BCUT2D eigenvalue weighted by Crippen LogP contribution is -2.17. The van der Waals surface area contributed by atoms with Crippen molar-refractivity contribution in [3.63, 3.8) is 0 Å². The summed E-state index contributed by atoms with van der Waals surface area (Å²) >= 11 is 12.1. The predicted molar refractivity (Wildman–Crippen MR) is 115 cm³/mol. The Balaban J connectivity index is 1.70. The van der Waals surface area contributed by atoms with Crippen molar-refractivity contribution in [3.8, 4) is 5.75 Å². The van der Waals surface area contributed by atoms with Crippen molar-refractivity contribution in [2.45, 2.75) is 13.2 Å². The molecule has 10 heteroatoms. The maximum absolute atomic E-state index is 12.6. The van der Waals surface area contributed by atoms with E-state index in [0.29, 0.717) is 21.7 Å². The first-order chi connectivity index (χ1) is 14.3. The van der Waals surface area contributed by atoms with Gasteiger partial charge in [0, 0.05) is 29.7 Å². The van der Waals surface area contributed by atoms with Crippen LogP contribution >= 0.6 is 23.2 Å². The minimum atomic E-state index is -0.585. The third-order valence-corrected chi connectivity index (χ3v) is 4.51. The van der Waals surface area contributed by atoms with Gasteiger partial charge in [0.25, 0.3) is 0 Å². The highest BCUT2D eigenvalue weighted by Gasteiger charge is 2.16. The number of halogens is 2. The number of nitrogen functional groups attached to an aromatic ring is 1. The molecule has 3 aromatic rings.